The number of benzene rings is 1. The standard InChI is InChI=1S/C21H24F3N3O2S/c1-29-16-9-7-14(8-10-16)17-13-18(21(22,23)24)27-20(26-17)30-12-11-19(28)25-15-5-3-2-4-6-15/h7-10,13,15H,2-6,11-12H2,1H3,(H,25,28). The molecule has 3 rings (SSSR count). The lowest BCUT2D eigenvalue weighted by Crippen LogP contribution is -2.36. The van der Waals surface area contributed by atoms with Crippen molar-refractivity contribution in [3.05, 3.63) is 36.0 Å². The Morgan fingerprint density at radius 3 is 2.50 bits per heavy atom. The minimum absolute atomic E-state index is 0.00103. The van der Waals surface area contributed by atoms with Crippen LogP contribution >= 0.6 is 11.8 Å². The molecule has 1 aromatic heterocycles. The molecule has 0 radical (unpaired) electrons. The van der Waals surface area contributed by atoms with Crippen molar-refractivity contribution in [2.75, 3.05) is 12.9 Å². The van der Waals surface area contributed by atoms with Crippen LogP contribution in [0.3, 0.4) is 0 Å². The second kappa shape index (κ2) is 10.1. The third-order valence-corrected chi connectivity index (χ3v) is 5.76. The summed E-state index contributed by atoms with van der Waals surface area (Å²) >= 11 is 1.05. The third-order valence-electron chi connectivity index (χ3n) is 4.91. The van der Waals surface area contributed by atoms with Crippen molar-refractivity contribution in [2.45, 2.75) is 55.9 Å². The maximum Gasteiger partial charge on any atom is 0.433 e. The fraction of sp³-hybridized carbons (Fsp3) is 0.476. The second-order valence-corrected chi connectivity index (χ2v) is 8.21. The van der Waals surface area contributed by atoms with Gasteiger partial charge in [-0.05, 0) is 43.2 Å². The molecule has 0 spiro atoms. The van der Waals surface area contributed by atoms with E-state index in [2.05, 4.69) is 15.3 Å². The summed E-state index contributed by atoms with van der Waals surface area (Å²) < 4.78 is 45.0. The van der Waals surface area contributed by atoms with Gasteiger partial charge in [0.1, 0.15) is 11.4 Å². The summed E-state index contributed by atoms with van der Waals surface area (Å²) in [4.78, 5) is 20.0. The first-order valence-electron chi connectivity index (χ1n) is 9.88. The molecular formula is C21H24F3N3O2S. The van der Waals surface area contributed by atoms with Gasteiger partial charge in [-0.1, -0.05) is 31.0 Å². The summed E-state index contributed by atoms with van der Waals surface area (Å²) in [6.45, 7) is 0. The number of carbonyl (C=O) groups excluding carboxylic acids is 1. The van der Waals surface area contributed by atoms with Crippen molar-refractivity contribution in [3.8, 4) is 17.0 Å². The van der Waals surface area contributed by atoms with Crippen LogP contribution in [-0.2, 0) is 11.0 Å². The van der Waals surface area contributed by atoms with Crippen LogP contribution in [0.5, 0.6) is 5.75 Å². The van der Waals surface area contributed by atoms with Gasteiger partial charge in [-0.3, -0.25) is 4.79 Å². The molecule has 1 amide bonds. The highest BCUT2D eigenvalue weighted by Gasteiger charge is 2.34. The van der Waals surface area contributed by atoms with Crippen LogP contribution in [-0.4, -0.2) is 34.8 Å². The summed E-state index contributed by atoms with van der Waals surface area (Å²) in [6, 6.07) is 7.76. The number of hydrogen-bond acceptors (Lipinski definition) is 5. The molecule has 0 atom stereocenters. The molecule has 0 bridgehead atoms. The number of alkyl halides is 3. The molecule has 1 saturated carbocycles. The van der Waals surface area contributed by atoms with E-state index >= 15 is 0 Å². The Morgan fingerprint density at radius 2 is 1.87 bits per heavy atom. The van der Waals surface area contributed by atoms with Crippen LogP contribution in [0.25, 0.3) is 11.3 Å². The van der Waals surface area contributed by atoms with Gasteiger partial charge < -0.3 is 10.1 Å². The number of amides is 1. The van der Waals surface area contributed by atoms with Gasteiger partial charge in [0, 0.05) is 23.8 Å². The van der Waals surface area contributed by atoms with Gasteiger partial charge in [0.25, 0.3) is 0 Å². The predicted molar refractivity (Wildman–Crippen MR) is 109 cm³/mol. The Morgan fingerprint density at radius 1 is 1.17 bits per heavy atom. The minimum Gasteiger partial charge on any atom is -0.497 e. The molecule has 30 heavy (non-hydrogen) atoms. The molecule has 2 aromatic rings. The number of rotatable bonds is 7. The van der Waals surface area contributed by atoms with Crippen molar-refractivity contribution in [3.63, 3.8) is 0 Å². The predicted octanol–water partition coefficient (Wildman–Crippen LogP) is 5.10. The zero-order valence-corrected chi connectivity index (χ0v) is 17.5. The minimum atomic E-state index is -4.59. The molecule has 0 unspecified atom stereocenters. The van der Waals surface area contributed by atoms with E-state index in [9.17, 15) is 18.0 Å². The highest BCUT2D eigenvalue weighted by molar-refractivity contribution is 7.99. The Hall–Kier alpha value is -2.29. The van der Waals surface area contributed by atoms with E-state index in [1.165, 1.54) is 13.5 Å². The molecule has 5 nitrogen and oxygen atoms in total. The Balaban J connectivity index is 1.67. The average molecular weight is 440 g/mol. The SMILES string of the molecule is COc1ccc(-c2cc(C(F)(F)F)nc(SCCC(=O)NC3CCCCC3)n2)cc1. The Bertz CT molecular complexity index is 854. The first kappa shape index (κ1) is 22.4. The maximum absolute atomic E-state index is 13.3. The van der Waals surface area contributed by atoms with Crippen LogP contribution in [0.1, 0.15) is 44.2 Å². The van der Waals surface area contributed by atoms with E-state index in [-0.39, 0.29) is 29.2 Å². The van der Waals surface area contributed by atoms with Gasteiger partial charge in [0.2, 0.25) is 5.91 Å². The topological polar surface area (TPSA) is 64.1 Å². The summed E-state index contributed by atoms with van der Waals surface area (Å²) in [7, 11) is 1.51. The summed E-state index contributed by atoms with van der Waals surface area (Å²) in [6.07, 6.45) is 1.03. The van der Waals surface area contributed by atoms with E-state index in [1.54, 1.807) is 24.3 Å². The van der Waals surface area contributed by atoms with Crippen LogP contribution in [0.4, 0.5) is 13.2 Å². The zero-order valence-electron chi connectivity index (χ0n) is 16.7. The first-order chi connectivity index (χ1) is 14.3. The van der Waals surface area contributed by atoms with E-state index in [0.717, 1.165) is 43.5 Å². The van der Waals surface area contributed by atoms with E-state index in [4.69, 9.17) is 4.74 Å². The van der Waals surface area contributed by atoms with Gasteiger partial charge in [-0.15, -0.1) is 0 Å². The van der Waals surface area contributed by atoms with Crippen molar-refractivity contribution in [1.29, 1.82) is 0 Å². The third kappa shape index (κ3) is 6.35. The normalized spacial score (nSPS) is 15.1. The smallest absolute Gasteiger partial charge is 0.433 e. The van der Waals surface area contributed by atoms with Gasteiger partial charge >= 0.3 is 6.18 Å². The van der Waals surface area contributed by atoms with Crippen LogP contribution in [0.15, 0.2) is 35.5 Å². The van der Waals surface area contributed by atoms with Gasteiger partial charge in [0.05, 0.1) is 12.8 Å². The lowest BCUT2D eigenvalue weighted by Gasteiger charge is -2.22. The van der Waals surface area contributed by atoms with E-state index < -0.39 is 11.9 Å². The molecule has 1 fully saturated rings. The van der Waals surface area contributed by atoms with Gasteiger partial charge in [-0.25, -0.2) is 9.97 Å². The first-order valence-corrected chi connectivity index (χ1v) is 10.9. The second-order valence-electron chi connectivity index (χ2n) is 7.15. The van der Waals surface area contributed by atoms with Crippen LogP contribution in [0, 0.1) is 0 Å². The maximum atomic E-state index is 13.3. The Kier molecular flexibility index (Phi) is 7.58. The molecule has 1 aliphatic rings. The number of thioether (sulfide) groups is 1. The van der Waals surface area contributed by atoms with Crippen molar-refractivity contribution >= 4 is 17.7 Å². The van der Waals surface area contributed by atoms with E-state index in [0.29, 0.717) is 17.1 Å². The number of nitrogens with zero attached hydrogens (tertiary/aromatic N) is 2. The molecule has 1 aliphatic carbocycles. The summed E-state index contributed by atoms with van der Waals surface area (Å²) in [5, 5.41) is 3.00. The molecule has 1 N–H and O–H groups in total. The lowest BCUT2D eigenvalue weighted by molar-refractivity contribution is -0.141. The molecule has 1 heterocycles. The summed E-state index contributed by atoms with van der Waals surface area (Å²) in [5.41, 5.74) is -0.299. The van der Waals surface area contributed by atoms with Crippen LogP contribution in [0.2, 0.25) is 0 Å². The molecule has 1 aromatic carbocycles. The highest BCUT2D eigenvalue weighted by Crippen LogP contribution is 2.32. The monoisotopic (exact) mass is 439 g/mol. The highest BCUT2D eigenvalue weighted by atomic mass is 32.2. The Labute approximate surface area is 177 Å². The van der Waals surface area contributed by atoms with Crippen molar-refractivity contribution in [2.24, 2.45) is 0 Å². The molecule has 9 heteroatoms. The lowest BCUT2D eigenvalue weighted by atomic mass is 9.95. The number of nitrogens with one attached hydrogen (secondary N) is 1. The number of carbonyl (C=O) groups is 1. The average Bonchev–Trinajstić information content (AvgIpc) is 2.74. The van der Waals surface area contributed by atoms with Gasteiger partial charge in [-0.2, -0.15) is 13.2 Å². The molecule has 0 aliphatic heterocycles. The molecule has 162 valence electrons. The number of ether oxygens (including phenoxy) is 1. The number of methoxy groups -OCH3 is 1. The number of aromatic nitrogens is 2. The van der Waals surface area contributed by atoms with Crippen LogP contribution < -0.4 is 10.1 Å². The van der Waals surface area contributed by atoms with E-state index in [1.807, 2.05) is 0 Å². The number of hydrogen-bond donors (Lipinski definition) is 1. The summed E-state index contributed by atoms with van der Waals surface area (Å²) in [5.74, 6) is 0.821. The number of halogens is 3. The largest absolute Gasteiger partial charge is 0.497 e. The zero-order chi connectivity index (χ0) is 21.6. The fourth-order valence-corrected chi connectivity index (χ4v) is 4.12. The molecular weight excluding hydrogens is 415 g/mol. The molecule has 0 saturated heterocycles. The van der Waals surface area contributed by atoms with Crippen molar-refractivity contribution in [1.82, 2.24) is 15.3 Å². The van der Waals surface area contributed by atoms with Crippen molar-refractivity contribution < 1.29 is 22.7 Å². The van der Waals surface area contributed by atoms with Gasteiger partial charge in [0.15, 0.2) is 5.16 Å². The quantitative estimate of drug-likeness (QED) is 0.480. The fourth-order valence-electron chi connectivity index (χ4n) is 3.33.